The highest BCUT2D eigenvalue weighted by molar-refractivity contribution is 5.92. The largest absolute Gasteiger partial charge is 0.387 e. The van der Waals surface area contributed by atoms with Gasteiger partial charge in [0.25, 0.3) is 5.91 Å². The third-order valence-electron chi connectivity index (χ3n) is 4.70. The van der Waals surface area contributed by atoms with E-state index >= 15 is 0 Å². The number of nitrogens with zero attached hydrogens (tertiary/aromatic N) is 2. The lowest BCUT2D eigenvalue weighted by atomic mass is 9.86. The standard InChI is InChI=1S/C18H21N5O3/c1-11(24)16-10-23(22-20-16)14-7-13(8-14)19-18(25)17-9-15(21-26-17)12-5-3-2-4-6-12/h2-6,9-11,13-14,20,22,24H,7-8H2,1H3,(H,19,25)/t11-,13-,14-/m1/s1. The van der Waals surface area contributed by atoms with Crippen LogP contribution in [0, 0.1) is 0 Å². The van der Waals surface area contributed by atoms with E-state index in [1.807, 2.05) is 41.5 Å². The molecule has 1 aromatic heterocycles. The molecule has 0 radical (unpaired) electrons. The molecule has 2 aromatic rings. The predicted molar refractivity (Wildman–Crippen MR) is 94.1 cm³/mol. The van der Waals surface area contributed by atoms with E-state index in [0.29, 0.717) is 5.69 Å². The summed E-state index contributed by atoms with van der Waals surface area (Å²) in [6.45, 7) is 1.70. The first-order valence-electron chi connectivity index (χ1n) is 8.63. The number of carbonyl (C=O) groups excluding carboxylic acids is 1. The number of rotatable bonds is 5. The molecule has 1 aromatic carbocycles. The number of nitrogens with one attached hydrogen (secondary N) is 3. The van der Waals surface area contributed by atoms with Crippen molar-refractivity contribution < 1.29 is 14.4 Å². The van der Waals surface area contributed by atoms with Crippen LogP contribution in [0.4, 0.5) is 0 Å². The van der Waals surface area contributed by atoms with Crippen molar-refractivity contribution in [1.29, 1.82) is 0 Å². The molecule has 4 N–H and O–H groups in total. The zero-order valence-corrected chi connectivity index (χ0v) is 14.3. The molecule has 0 spiro atoms. The number of benzene rings is 1. The van der Waals surface area contributed by atoms with E-state index in [2.05, 4.69) is 21.4 Å². The predicted octanol–water partition coefficient (Wildman–Crippen LogP) is 1.15. The Morgan fingerprint density at radius 1 is 1.38 bits per heavy atom. The van der Waals surface area contributed by atoms with Crippen LogP contribution < -0.4 is 16.3 Å². The first-order chi connectivity index (χ1) is 12.6. The van der Waals surface area contributed by atoms with E-state index in [4.69, 9.17) is 4.52 Å². The van der Waals surface area contributed by atoms with Crippen LogP contribution in [0.2, 0.25) is 0 Å². The van der Waals surface area contributed by atoms with E-state index in [0.717, 1.165) is 24.1 Å². The van der Waals surface area contributed by atoms with Gasteiger partial charge in [0.05, 0.1) is 17.8 Å². The summed E-state index contributed by atoms with van der Waals surface area (Å²) in [4.78, 5) is 12.3. The van der Waals surface area contributed by atoms with Crippen molar-refractivity contribution in [3.8, 4) is 11.3 Å². The average molecular weight is 355 g/mol. The molecule has 26 heavy (non-hydrogen) atoms. The van der Waals surface area contributed by atoms with Gasteiger partial charge < -0.3 is 20.4 Å². The number of aliphatic hydroxyl groups is 1. The third kappa shape index (κ3) is 3.29. The van der Waals surface area contributed by atoms with Gasteiger partial charge in [-0.05, 0) is 19.8 Å². The minimum absolute atomic E-state index is 0.0866. The second kappa shape index (κ2) is 6.81. The summed E-state index contributed by atoms with van der Waals surface area (Å²) < 4.78 is 5.19. The molecular formula is C18H21N5O3. The summed E-state index contributed by atoms with van der Waals surface area (Å²) in [6.07, 6.45) is 2.93. The minimum Gasteiger partial charge on any atom is -0.387 e. The Morgan fingerprint density at radius 3 is 2.85 bits per heavy atom. The van der Waals surface area contributed by atoms with Crippen LogP contribution in [-0.4, -0.2) is 39.4 Å². The number of hydrazine groups is 2. The monoisotopic (exact) mass is 355 g/mol. The molecule has 0 saturated heterocycles. The molecule has 8 nitrogen and oxygen atoms in total. The van der Waals surface area contributed by atoms with E-state index in [1.54, 1.807) is 13.0 Å². The molecule has 1 atom stereocenters. The third-order valence-corrected chi connectivity index (χ3v) is 4.70. The fourth-order valence-electron chi connectivity index (χ4n) is 3.07. The van der Waals surface area contributed by atoms with Crippen LogP contribution in [-0.2, 0) is 0 Å². The van der Waals surface area contributed by atoms with Gasteiger partial charge in [-0.1, -0.05) is 35.5 Å². The molecule has 8 heteroatoms. The summed E-state index contributed by atoms with van der Waals surface area (Å²) in [6, 6.07) is 11.6. The second-order valence-corrected chi connectivity index (χ2v) is 6.64. The Hall–Kier alpha value is -2.84. The maximum Gasteiger partial charge on any atom is 0.290 e. The Bertz CT molecular complexity index is 811. The van der Waals surface area contributed by atoms with Gasteiger partial charge in [0.2, 0.25) is 5.76 Å². The quantitative estimate of drug-likeness (QED) is 0.638. The topological polar surface area (TPSA) is 103 Å². The number of hydrogen-bond donors (Lipinski definition) is 4. The Morgan fingerprint density at radius 2 is 2.15 bits per heavy atom. The number of carbonyl (C=O) groups is 1. The van der Waals surface area contributed by atoms with Crippen LogP contribution in [0.15, 0.2) is 52.8 Å². The molecule has 0 unspecified atom stereocenters. The maximum atomic E-state index is 12.3. The van der Waals surface area contributed by atoms with Crippen molar-refractivity contribution in [2.24, 2.45) is 0 Å². The maximum absolute atomic E-state index is 12.3. The van der Waals surface area contributed by atoms with Crippen molar-refractivity contribution in [2.75, 3.05) is 0 Å². The summed E-state index contributed by atoms with van der Waals surface area (Å²) in [5, 5.41) is 18.4. The molecule has 2 aliphatic rings. The van der Waals surface area contributed by atoms with Gasteiger partial charge in [0.15, 0.2) is 0 Å². The fraction of sp³-hybridized carbons (Fsp3) is 0.333. The molecule has 136 valence electrons. The lowest BCUT2D eigenvalue weighted by Crippen LogP contribution is -2.56. The first kappa shape index (κ1) is 16.6. The van der Waals surface area contributed by atoms with E-state index in [9.17, 15) is 9.90 Å². The lowest BCUT2D eigenvalue weighted by Gasteiger charge is -2.40. The lowest BCUT2D eigenvalue weighted by molar-refractivity contribution is 0.0734. The highest BCUT2D eigenvalue weighted by Gasteiger charge is 2.36. The van der Waals surface area contributed by atoms with Gasteiger partial charge in [0, 0.05) is 23.9 Å². The molecule has 4 rings (SSSR count). The average Bonchev–Trinajstić information content (AvgIpc) is 3.28. The number of hydrogen-bond acceptors (Lipinski definition) is 7. The molecule has 1 aliphatic carbocycles. The molecule has 1 saturated carbocycles. The van der Waals surface area contributed by atoms with Crippen molar-refractivity contribution >= 4 is 5.91 Å². The molecule has 2 heterocycles. The summed E-state index contributed by atoms with van der Waals surface area (Å²) >= 11 is 0. The Balaban J connectivity index is 1.30. The van der Waals surface area contributed by atoms with Crippen molar-refractivity contribution in [1.82, 2.24) is 26.4 Å². The van der Waals surface area contributed by atoms with Gasteiger partial charge in [-0.25, -0.2) is 0 Å². The SMILES string of the molecule is C[C@@H](O)C1=CN([C@H]2C[C@H](NC(=O)c3cc(-c4ccccc4)no3)C2)NN1. The van der Waals surface area contributed by atoms with Gasteiger partial charge in [-0.2, -0.15) is 0 Å². The van der Waals surface area contributed by atoms with E-state index in [-0.39, 0.29) is 23.8 Å². The number of amides is 1. The van der Waals surface area contributed by atoms with Crippen LogP contribution in [0.25, 0.3) is 11.3 Å². The Labute approximate surface area is 150 Å². The molecular weight excluding hydrogens is 334 g/mol. The van der Waals surface area contributed by atoms with Crippen molar-refractivity contribution in [3.05, 3.63) is 54.1 Å². The van der Waals surface area contributed by atoms with Gasteiger partial charge >= 0.3 is 0 Å². The van der Waals surface area contributed by atoms with Crippen LogP contribution in [0.1, 0.15) is 30.3 Å². The molecule has 1 fully saturated rings. The molecule has 1 amide bonds. The van der Waals surface area contributed by atoms with Gasteiger partial charge in [-0.3, -0.25) is 9.80 Å². The van der Waals surface area contributed by atoms with Crippen LogP contribution >= 0.6 is 0 Å². The second-order valence-electron chi connectivity index (χ2n) is 6.64. The highest BCUT2D eigenvalue weighted by atomic mass is 16.5. The molecule has 0 bridgehead atoms. The van der Waals surface area contributed by atoms with E-state index in [1.165, 1.54) is 0 Å². The summed E-state index contributed by atoms with van der Waals surface area (Å²) in [7, 11) is 0. The summed E-state index contributed by atoms with van der Waals surface area (Å²) in [5.74, 6) is -0.0413. The van der Waals surface area contributed by atoms with Crippen LogP contribution in [0.5, 0.6) is 0 Å². The highest BCUT2D eigenvalue weighted by Crippen LogP contribution is 2.27. The fourth-order valence-corrected chi connectivity index (χ4v) is 3.07. The van der Waals surface area contributed by atoms with Gasteiger partial charge in [0.1, 0.15) is 5.69 Å². The number of aromatic nitrogens is 1. The first-order valence-corrected chi connectivity index (χ1v) is 8.63. The zero-order valence-electron chi connectivity index (χ0n) is 14.3. The summed E-state index contributed by atoms with van der Waals surface area (Å²) in [5.41, 5.74) is 8.22. The minimum atomic E-state index is -0.548. The molecule has 1 aliphatic heterocycles. The number of aliphatic hydroxyl groups excluding tert-OH is 1. The smallest absolute Gasteiger partial charge is 0.290 e. The van der Waals surface area contributed by atoms with Gasteiger partial charge in [-0.15, -0.1) is 5.53 Å². The Kier molecular flexibility index (Phi) is 4.36. The van der Waals surface area contributed by atoms with Crippen LogP contribution in [0.3, 0.4) is 0 Å². The van der Waals surface area contributed by atoms with E-state index < -0.39 is 6.10 Å². The van der Waals surface area contributed by atoms with Crippen molar-refractivity contribution in [2.45, 2.75) is 38.0 Å². The zero-order chi connectivity index (χ0) is 18.1. The van der Waals surface area contributed by atoms with Crippen molar-refractivity contribution in [3.63, 3.8) is 0 Å². The normalized spacial score (nSPS) is 23.0.